The first-order chi connectivity index (χ1) is 6.91. The molecule has 0 aliphatic rings. The van der Waals surface area contributed by atoms with Crippen LogP contribution in [0.2, 0.25) is 0 Å². The van der Waals surface area contributed by atoms with Crippen LogP contribution in [-0.4, -0.2) is 24.8 Å². The molecule has 1 aromatic carbocycles. The van der Waals surface area contributed by atoms with E-state index >= 15 is 0 Å². The zero-order valence-electron chi connectivity index (χ0n) is 8.67. The second kappa shape index (κ2) is 4.81. The van der Waals surface area contributed by atoms with E-state index in [2.05, 4.69) is 15.9 Å². The molecule has 5 heteroatoms. The molecule has 0 aliphatic carbocycles. The van der Waals surface area contributed by atoms with Crippen LogP contribution in [-0.2, 0) is 0 Å². The number of nitrogen functional groups attached to an aromatic ring is 1. The van der Waals surface area contributed by atoms with Gasteiger partial charge in [-0.15, -0.1) is 0 Å². The van der Waals surface area contributed by atoms with Crippen molar-refractivity contribution in [3.05, 3.63) is 22.4 Å². The topological polar surface area (TPSA) is 49.5 Å². The van der Waals surface area contributed by atoms with E-state index in [1.165, 1.54) is 12.1 Å². The van der Waals surface area contributed by atoms with Gasteiger partial charge in [0.05, 0.1) is 22.0 Å². The highest BCUT2D eigenvalue weighted by Crippen LogP contribution is 2.28. The summed E-state index contributed by atoms with van der Waals surface area (Å²) in [5.41, 5.74) is 6.81. The minimum atomic E-state index is -0.485. The van der Waals surface area contributed by atoms with Crippen molar-refractivity contribution in [3.63, 3.8) is 0 Å². The second-order valence-corrected chi connectivity index (χ2v) is 4.41. The third-order valence-corrected chi connectivity index (χ3v) is 2.63. The van der Waals surface area contributed by atoms with E-state index in [9.17, 15) is 9.50 Å². The van der Waals surface area contributed by atoms with Crippen molar-refractivity contribution in [1.82, 2.24) is 0 Å². The number of benzene rings is 1. The van der Waals surface area contributed by atoms with Gasteiger partial charge < -0.3 is 15.7 Å². The summed E-state index contributed by atoms with van der Waals surface area (Å²) in [6.07, 6.45) is -0.485. The van der Waals surface area contributed by atoms with Gasteiger partial charge in [-0.2, -0.15) is 0 Å². The van der Waals surface area contributed by atoms with E-state index < -0.39 is 6.10 Å². The Hall–Kier alpha value is -0.810. The fraction of sp³-hybridized carbons (Fsp3) is 0.400. The van der Waals surface area contributed by atoms with Crippen LogP contribution < -0.4 is 10.6 Å². The van der Waals surface area contributed by atoms with E-state index in [4.69, 9.17) is 5.73 Å². The molecule has 84 valence electrons. The first kappa shape index (κ1) is 12.3. The summed E-state index contributed by atoms with van der Waals surface area (Å²) in [6.45, 7) is 2.08. The van der Waals surface area contributed by atoms with Gasteiger partial charge in [-0.05, 0) is 28.9 Å². The average molecular weight is 277 g/mol. The van der Waals surface area contributed by atoms with E-state index in [0.717, 1.165) is 0 Å². The molecule has 1 aromatic rings. The summed E-state index contributed by atoms with van der Waals surface area (Å²) in [4.78, 5) is 1.72. The van der Waals surface area contributed by atoms with Crippen LogP contribution in [0.5, 0.6) is 0 Å². The average Bonchev–Trinajstić information content (AvgIpc) is 2.09. The van der Waals surface area contributed by atoms with Crippen LogP contribution in [0.1, 0.15) is 6.92 Å². The number of rotatable bonds is 3. The van der Waals surface area contributed by atoms with Crippen molar-refractivity contribution in [2.75, 3.05) is 24.2 Å². The second-order valence-electron chi connectivity index (χ2n) is 3.55. The number of aliphatic hydroxyl groups excluding tert-OH is 1. The molecule has 1 unspecified atom stereocenters. The Kier molecular flexibility index (Phi) is 3.93. The Balaban J connectivity index is 2.98. The summed E-state index contributed by atoms with van der Waals surface area (Å²) < 4.78 is 13.6. The summed E-state index contributed by atoms with van der Waals surface area (Å²) in [6, 6.07) is 2.87. The summed E-state index contributed by atoms with van der Waals surface area (Å²) in [5.74, 6) is -0.364. The fourth-order valence-corrected chi connectivity index (χ4v) is 1.74. The lowest BCUT2D eigenvalue weighted by molar-refractivity contribution is 0.201. The molecule has 0 heterocycles. The highest BCUT2D eigenvalue weighted by atomic mass is 79.9. The quantitative estimate of drug-likeness (QED) is 0.831. The van der Waals surface area contributed by atoms with Crippen molar-refractivity contribution < 1.29 is 9.50 Å². The number of anilines is 2. The molecule has 3 nitrogen and oxygen atoms in total. The molecule has 0 saturated heterocycles. The molecule has 0 aliphatic heterocycles. The Morgan fingerprint density at radius 1 is 1.60 bits per heavy atom. The smallest absolute Gasteiger partial charge is 0.139 e. The zero-order chi connectivity index (χ0) is 11.6. The lowest BCUT2D eigenvalue weighted by Gasteiger charge is -2.22. The van der Waals surface area contributed by atoms with Crippen LogP contribution >= 0.6 is 15.9 Å². The normalized spacial score (nSPS) is 12.6. The van der Waals surface area contributed by atoms with Gasteiger partial charge in [-0.3, -0.25) is 0 Å². The van der Waals surface area contributed by atoms with Gasteiger partial charge >= 0.3 is 0 Å². The number of hydrogen-bond acceptors (Lipinski definition) is 3. The standard InChI is InChI=1S/C10H14BrFN2O/c1-6(15)5-14(2)10-4-8(12)7(11)3-9(10)13/h3-4,6,15H,5,13H2,1-2H3. The highest BCUT2D eigenvalue weighted by molar-refractivity contribution is 9.10. The number of likely N-dealkylation sites (N-methyl/N-ethyl adjacent to an activating group) is 1. The van der Waals surface area contributed by atoms with E-state index in [1.807, 2.05) is 0 Å². The number of hydrogen-bond donors (Lipinski definition) is 2. The van der Waals surface area contributed by atoms with Gasteiger partial charge in [0.15, 0.2) is 0 Å². The van der Waals surface area contributed by atoms with Crippen molar-refractivity contribution in [1.29, 1.82) is 0 Å². The summed E-state index contributed by atoms with van der Waals surface area (Å²) in [5, 5.41) is 9.21. The van der Waals surface area contributed by atoms with Gasteiger partial charge in [0.2, 0.25) is 0 Å². The van der Waals surface area contributed by atoms with Crippen LogP contribution in [0.25, 0.3) is 0 Å². The fourth-order valence-electron chi connectivity index (χ4n) is 1.38. The molecule has 15 heavy (non-hydrogen) atoms. The molecule has 1 atom stereocenters. The predicted octanol–water partition coefficient (Wildman–Crippen LogP) is 1.99. The largest absolute Gasteiger partial charge is 0.397 e. The SMILES string of the molecule is CC(O)CN(C)c1cc(F)c(Br)cc1N. The van der Waals surface area contributed by atoms with Crippen molar-refractivity contribution in [3.8, 4) is 0 Å². The van der Waals surface area contributed by atoms with Crippen LogP contribution in [0, 0.1) is 5.82 Å². The predicted molar refractivity (Wildman–Crippen MR) is 63.5 cm³/mol. The maximum Gasteiger partial charge on any atom is 0.139 e. The van der Waals surface area contributed by atoms with Crippen LogP contribution in [0.15, 0.2) is 16.6 Å². The van der Waals surface area contributed by atoms with Gasteiger partial charge in [0, 0.05) is 19.7 Å². The Morgan fingerprint density at radius 2 is 2.20 bits per heavy atom. The minimum Gasteiger partial charge on any atom is -0.397 e. The maximum atomic E-state index is 13.3. The van der Waals surface area contributed by atoms with Gasteiger partial charge in [0.1, 0.15) is 5.82 Å². The maximum absolute atomic E-state index is 13.3. The summed E-state index contributed by atoms with van der Waals surface area (Å²) in [7, 11) is 1.76. The summed E-state index contributed by atoms with van der Waals surface area (Å²) >= 11 is 3.06. The molecule has 1 rings (SSSR count). The van der Waals surface area contributed by atoms with Crippen LogP contribution in [0.3, 0.4) is 0 Å². The van der Waals surface area contributed by atoms with Gasteiger partial charge in [0.25, 0.3) is 0 Å². The van der Waals surface area contributed by atoms with Gasteiger partial charge in [-0.1, -0.05) is 0 Å². The molecular formula is C10H14BrFN2O. The third-order valence-electron chi connectivity index (χ3n) is 2.02. The number of nitrogens with two attached hydrogens (primary N) is 1. The molecule has 0 radical (unpaired) electrons. The van der Waals surface area contributed by atoms with Gasteiger partial charge in [-0.25, -0.2) is 4.39 Å². The van der Waals surface area contributed by atoms with Crippen molar-refractivity contribution in [2.24, 2.45) is 0 Å². The monoisotopic (exact) mass is 276 g/mol. The van der Waals surface area contributed by atoms with E-state index in [-0.39, 0.29) is 5.82 Å². The van der Waals surface area contributed by atoms with Crippen molar-refractivity contribution >= 4 is 27.3 Å². The molecule has 3 N–H and O–H groups in total. The lowest BCUT2D eigenvalue weighted by atomic mass is 10.2. The minimum absolute atomic E-state index is 0.342. The van der Waals surface area contributed by atoms with E-state index in [0.29, 0.717) is 22.4 Å². The zero-order valence-corrected chi connectivity index (χ0v) is 10.3. The highest BCUT2D eigenvalue weighted by Gasteiger charge is 2.11. The molecule has 0 spiro atoms. The molecule has 0 fully saturated rings. The van der Waals surface area contributed by atoms with Crippen molar-refractivity contribution in [2.45, 2.75) is 13.0 Å². The first-order valence-electron chi connectivity index (χ1n) is 4.55. The number of halogens is 2. The third kappa shape index (κ3) is 3.07. The van der Waals surface area contributed by atoms with Crippen LogP contribution in [0.4, 0.5) is 15.8 Å². The molecular weight excluding hydrogens is 263 g/mol. The number of nitrogens with zero attached hydrogens (tertiary/aromatic N) is 1. The Morgan fingerprint density at radius 3 is 2.73 bits per heavy atom. The first-order valence-corrected chi connectivity index (χ1v) is 5.35. The Bertz CT molecular complexity index is 358. The molecule has 0 amide bonds. The number of aliphatic hydroxyl groups is 1. The molecule has 0 saturated carbocycles. The molecule has 0 bridgehead atoms. The Labute approximate surface area is 96.8 Å². The van der Waals surface area contributed by atoms with E-state index in [1.54, 1.807) is 18.9 Å². The lowest BCUT2D eigenvalue weighted by Crippen LogP contribution is -2.27. The molecule has 0 aromatic heterocycles.